The van der Waals surface area contributed by atoms with Gasteiger partial charge in [-0.05, 0) is 30.3 Å². The van der Waals surface area contributed by atoms with Crippen LogP contribution in [0.5, 0.6) is 5.75 Å². The van der Waals surface area contributed by atoms with E-state index >= 15 is 0 Å². The second kappa shape index (κ2) is 5.82. The number of halogens is 2. The Morgan fingerprint density at radius 1 is 1.10 bits per heavy atom. The van der Waals surface area contributed by atoms with Crippen LogP contribution in [0.4, 0.5) is 5.69 Å². The quantitative estimate of drug-likeness (QED) is 0.836. The zero-order chi connectivity index (χ0) is 15.6. The number of phenols is 1. The molecule has 2 aromatic rings. The van der Waals surface area contributed by atoms with Crippen molar-refractivity contribution in [1.29, 1.82) is 5.26 Å². The molecule has 0 unspecified atom stereocenters. The van der Waals surface area contributed by atoms with Crippen molar-refractivity contribution in [3.05, 3.63) is 52.0 Å². The number of anilines is 1. The number of sulfonamides is 1. The van der Waals surface area contributed by atoms with Crippen LogP contribution in [0, 0.1) is 11.3 Å². The van der Waals surface area contributed by atoms with Crippen LogP contribution >= 0.6 is 23.2 Å². The summed E-state index contributed by atoms with van der Waals surface area (Å²) in [7, 11) is -3.96. The second-order valence-corrected chi connectivity index (χ2v) is 6.49. The standard InChI is InChI=1S/C13H8Cl2N2O3S/c14-10-6-9(18)2-3-12(10)17-21(19,20)13-4-1-8(7-16)5-11(13)15/h1-6,17-18H. The lowest BCUT2D eigenvalue weighted by Gasteiger charge is -2.11. The number of rotatable bonds is 3. The summed E-state index contributed by atoms with van der Waals surface area (Å²) in [5, 5.41) is 18.0. The van der Waals surface area contributed by atoms with Gasteiger partial charge in [0.2, 0.25) is 0 Å². The lowest BCUT2D eigenvalue weighted by Crippen LogP contribution is -2.13. The van der Waals surface area contributed by atoms with Crippen molar-refractivity contribution in [2.45, 2.75) is 4.90 Å². The third-order valence-electron chi connectivity index (χ3n) is 2.55. The number of hydrogen-bond acceptors (Lipinski definition) is 4. The molecule has 0 aliphatic heterocycles. The van der Waals surface area contributed by atoms with E-state index in [0.29, 0.717) is 0 Å². The van der Waals surface area contributed by atoms with Crippen LogP contribution in [-0.4, -0.2) is 13.5 Å². The highest BCUT2D eigenvalue weighted by atomic mass is 35.5. The van der Waals surface area contributed by atoms with Gasteiger partial charge in [-0.25, -0.2) is 8.42 Å². The molecule has 0 bridgehead atoms. The summed E-state index contributed by atoms with van der Waals surface area (Å²) in [6.07, 6.45) is 0. The van der Waals surface area contributed by atoms with Gasteiger partial charge in [0, 0.05) is 6.07 Å². The Morgan fingerprint density at radius 2 is 1.81 bits per heavy atom. The largest absolute Gasteiger partial charge is 0.508 e. The number of hydrogen-bond donors (Lipinski definition) is 2. The van der Waals surface area contributed by atoms with Crippen LogP contribution < -0.4 is 4.72 Å². The maximum atomic E-state index is 12.3. The molecule has 5 nitrogen and oxygen atoms in total. The van der Waals surface area contributed by atoms with Gasteiger partial charge in [0.25, 0.3) is 10.0 Å². The number of nitrogens with one attached hydrogen (secondary N) is 1. The van der Waals surface area contributed by atoms with Crippen molar-refractivity contribution >= 4 is 38.9 Å². The van der Waals surface area contributed by atoms with Crippen molar-refractivity contribution in [2.75, 3.05) is 4.72 Å². The minimum atomic E-state index is -3.96. The molecule has 0 saturated heterocycles. The van der Waals surface area contributed by atoms with Crippen molar-refractivity contribution in [2.24, 2.45) is 0 Å². The van der Waals surface area contributed by atoms with Crippen LogP contribution in [0.3, 0.4) is 0 Å². The maximum absolute atomic E-state index is 12.3. The summed E-state index contributed by atoms with van der Waals surface area (Å²) < 4.78 is 26.8. The summed E-state index contributed by atoms with van der Waals surface area (Å²) in [6, 6.07) is 9.53. The molecule has 0 fully saturated rings. The lowest BCUT2D eigenvalue weighted by atomic mass is 10.2. The molecule has 2 aromatic carbocycles. The molecule has 0 aliphatic rings. The average molecular weight is 343 g/mol. The number of nitriles is 1. The molecule has 0 amide bonds. The number of aromatic hydroxyl groups is 1. The smallest absolute Gasteiger partial charge is 0.263 e. The normalized spacial score (nSPS) is 10.9. The molecule has 0 aromatic heterocycles. The lowest BCUT2D eigenvalue weighted by molar-refractivity contribution is 0.475. The molecular formula is C13H8Cl2N2O3S. The maximum Gasteiger partial charge on any atom is 0.263 e. The summed E-state index contributed by atoms with van der Waals surface area (Å²) in [4.78, 5) is -0.174. The van der Waals surface area contributed by atoms with E-state index in [9.17, 15) is 13.5 Å². The number of phenolic OH excluding ortho intramolecular Hbond substituents is 1. The Hall–Kier alpha value is -1.94. The Balaban J connectivity index is 2.41. The van der Waals surface area contributed by atoms with Gasteiger partial charge >= 0.3 is 0 Å². The van der Waals surface area contributed by atoms with Gasteiger partial charge < -0.3 is 5.11 Å². The van der Waals surface area contributed by atoms with Crippen LogP contribution in [0.1, 0.15) is 5.56 Å². The van der Waals surface area contributed by atoms with E-state index in [4.69, 9.17) is 28.5 Å². The first kappa shape index (κ1) is 15.4. The summed E-state index contributed by atoms with van der Waals surface area (Å²) in [6.45, 7) is 0. The van der Waals surface area contributed by atoms with Crippen molar-refractivity contribution in [3.8, 4) is 11.8 Å². The van der Waals surface area contributed by atoms with Crippen LogP contribution in [0.2, 0.25) is 10.0 Å². The highest BCUT2D eigenvalue weighted by molar-refractivity contribution is 7.92. The molecule has 21 heavy (non-hydrogen) atoms. The summed E-state index contributed by atoms with van der Waals surface area (Å²) in [5.41, 5.74) is 0.358. The van der Waals surface area contributed by atoms with Crippen molar-refractivity contribution in [1.82, 2.24) is 0 Å². The van der Waals surface area contributed by atoms with E-state index in [2.05, 4.69) is 4.72 Å². The Bertz CT molecular complexity index is 845. The predicted molar refractivity (Wildman–Crippen MR) is 80.1 cm³/mol. The average Bonchev–Trinajstić information content (AvgIpc) is 2.41. The van der Waals surface area contributed by atoms with Gasteiger partial charge in [-0.3, -0.25) is 4.72 Å². The molecule has 0 aliphatic carbocycles. The summed E-state index contributed by atoms with van der Waals surface area (Å²) in [5.74, 6) is -0.0839. The van der Waals surface area contributed by atoms with Crippen LogP contribution in [0.25, 0.3) is 0 Å². The second-order valence-electron chi connectivity index (χ2n) is 4.03. The van der Waals surface area contributed by atoms with Gasteiger partial charge in [-0.2, -0.15) is 5.26 Å². The minimum Gasteiger partial charge on any atom is -0.508 e. The first-order valence-electron chi connectivity index (χ1n) is 5.54. The Morgan fingerprint density at radius 3 is 2.38 bits per heavy atom. The fraction of sp³-hybridized carbons (Fsp3) is 0. The molecule has 0 saturated carbocycles. The molecule has 0 heterocycles. The van der Waals surface area contributed by atoms with Gasteiger partial charge in [-0.1, -0.05) is 23.2 Å². The Labute approximate surface area is 131 Å². The first-order chi connectivity index (χ1) is 9.83. The fourth-order valence-electron chi connectivity index (χ4n) is 1.57. The van der Waals surface area contributed by atoms with Gasteiger partial charge in [-0.15, -0.1) is 0 Å². The number of nitrogens with zero attached hydrogens (tertiary/aromatic N) is 1. The van der Waals surface area contributed by atoms with E-state index in [-0.39, 0.29) is 31.9 Å². The topological polar surface area (TPSA) is 90.2 Å². The fourth-order valence-corrected chi connectivity index (χ4v) is 3.48. The van der Waals surface area contributed by atoms with Crippen molar-refractivity contribution in [3.63, 3.8) is 0 Å². The molecule has 2 rings (SSSR count). The molecule has 0 atom stereocenters. The highest BCUT2D eigenvalue weighted by Crippen LogP contribution is 2.30. The first-order valence-corrected chi connectivity index (χ1v) is 7.78. The molecule has 0 radical (unpaired) electrons. The molecule has 2 N–H and O–H groups in total. The van der Waals surface area contributed by atoms with E-state index in [0.717, 1.165) is 0 Å². The third-order valence-corrected chi connectivity index (χ3v) is 4.71. The highest BCUT2D eigenvalue weighted by Gasteiger charge is 2.19. The van der Waals surface area contributed by atoms with Gasteiger partial charge in [0.15, 0.2) is 0 Å². The van der Waals surface area contributed by atoms with Gasteiger partial charge in [0.1, 0.15) is 10.6 Å². The van der Waals surface area contributed by atoms with E-state index in [1.807, 2.05) is 6.07 Å². The minimum absolute atomic E-state index is 0.0448. The SMILES string of the molecule is N#Cc1ccc(S(=O)(=O)Nc2ccc(O)cc2Cl)c(Cl)c1. The number of benzene rings is 2. The predicted octanol–water partition coefficient (Wildman–Crippen LogP) is 3.37. The van der Waals surface area contributed by atoms with Gasteiger partial charge in [0.05, 0.1) is 27.4 Å². The molecule has 108 valence electrons. The van der Waals surface area contributed by atoms with E-state index in [1.54, 1.807) is 0 Å². The van der Waals surface area contributed by atoms with E-state index < -0.39 is 10.0 Å². The van der Waals surface area contributed by atoms with Crippen LogP contribution in [-0.2, 0) is 10.0 Å². The molecule has 8 heteroatoms. The molecule has 0 spiro atoms. The van der Waals surface area contributed by atoms with E-state index in [1.165, 1.54) is 36.4 Å². The zero-order valence-corrected chi connectivity index (χ0v) is 12.7. The van der Waals surface area contributed by atoms with Crippen LogP contribution in [0.15, 0.2) is 41.3 Å². The molecular weight excluding hydrogens is 335 g/mol. The Kier molecular flexibility index (Phi) is 4.28. The summed E-state index contributed by atoms with van der Waals surface area (Å²) >= 11 is 11.7. The van der Waals surface area contributed by atoms with Crippen molar-refractivity contribution < 1.29 is 13.5 Å². The zero-order valence-electron chi connectivity index (χ0n) is 10.3. The monoisotopic (exact) mass is 342 g/mol. The third kappa shape index (κ3) is 3.39.